The summed E-state index contributed by atoms with van der Waals surface area (Å²) < 4.78 is 0. The normalized spacial score (nSPS) is 17.6. The van der Waals surface area contributed by atoms with E-state index < -0.39 is 0 Å². The highest BCUT2D eigenvalue weighted by atomic mass is 35.5. The first-order valence-electron chi connectivity index (χ1n) is 6.48. The summed E-state index contributed by atoms with van der Waals surface area (Å²) in [6.07, 6.45) is 3.08. The van der Waals surface area contributed by atoms with E-state index in [-0.39, 0.29) is 5.15 Å². The Balaban J connectivity index is 1.78. The molecule has 0 bridgehead atoms. The molecule has 3 rings (SSSR count). The van der Waals surface area contributed by atoms with Gasteiger partial charge in [0.1, 0.15) is 11.0 Å². The van der Waals surface area contributed by atoms with E-state index in [1.54, 1.807) is 6.07 Å². The minimum Gasteiger partial charge on any atom is -0.366 e. The molecule has 0 saturated heterocycles. The van der Waals surface area contributed by atoms with E-state index in [2.05, 4.69) is 34.6 Å². The highest BCUT2D eigenvalue weighted by Crippen LogP contribution is 2.31. The van der Waals surface area contributed by atoms with Crippen LogP contribution in [0.4, 0.5) is 5.82 Å². The third kappa shape index (κ3) is 2.88. The zero-order valence-electron chi connectivity index (χ0n) is 10.7. The van der Waals surface area contributed by atoms with Crippen molar-refractivity contribution in [1.29, 1.82) is 0 Å². The topological polar surface area (TPSA) is 24.9 Å². The van der Waals surface area contributed by atoms with Gasteiger partial charge in [-0.05, 0) is 36.5 Å². The van der Waals surface area contributed by atoms with Gasteiger partial charge in [-0.3, -0.25) is 0 Å². The number of aryl methyl sites for hydroxylation is 1. The van der Waals surface area contributed by atoms with E-state index >= 15 is 0 Å². The molecule has 0 aliphatic heterocycles. The van der Waals surface area contributed by atoms with Crippen LogP contribution in [-0.2, 0) is 12.8 Å². The number of halogens is 3. The van der Waals surface area contributed by atoms with Gasteiger partial charge < -0.3 is 5.32 Å². The van der Waals surface area contributed by atoms with Crippen LogP contribution in [-0.4, -0.2) is 11.0 Å². The van der Waals surface area contributed by atoms with Gasteiger partial charge in [0.2, 0.25) is 0 Å². The van der Waals surface area contributed by atoms with Crippen molar-refractivity contribution >= 4 is 40.6 Å². The summed E-state index contributed by atoms with van der Waals surface area (Å²) >= 11 is 18.0. The van der Waals surface area contributed by atoms with Gasteiger partial charge in [-0.1, -0.05) is 59.1 Å². The molecule has 1 unspecified atom stereocenters. The molecule has 0 radical (unpaired) electrons. The Bertz CT molecular complexity index is 643. The second kappa shape index (κ2) is 5.80. The molecule has 0 saturated carbocycles. The standard InChI is InChI=1S/C15H13Cl3N2/c16-12-8-13(17)15(20-14(12)18)19-11-6-5-9-3-1-2-4-10(9)7-11/h1-4,8,11H,5-7H2,(H,19,20). The van der Waals surface area contributed by atoms with Gasteiger partial charge in [0.05, 0.1) is 10.0 Å². The number of pyridine rings is 1. The highest BCUT2D eigenvalue weighted by Gasteiger charge is 2.19. The monoisotopic (exact) mass is 326 g/mol. The summed E-state index contributed by atoms with van der Waals surface area (Å²) in [5, 5.41) is 4.51. The van der Waals surface area contributed by atoms with Gasteiger partial charge in [0.15, 0.2) is 0 Å². The van der Waals surface area contributed by atoms with E-state index in [0.717, 1.165) is 19.3 Å². The van der Waals surface area contributed by atoms with E-state index in [9.17, 15) is 0 Å². The van der Waals surface area contributed by atoms with Gasteiger partial charge in [-0.25, -0.2) is 4.98 Å². The number of hydrogen-bond acceptors (Lipinski definition) is 2. The Morgan fingerprint density at radius 2 is 1.80 bits per heavy atom. The van der Waals surface area contributed by atoms with Gasteiger partial charge in [0, 0.05) is 6.04 Å². The van der Waals surface area contributed by atoms with Crippen molar-refractivity contribution in [3.63, 3.8) is 0 Å². The van der Waals surface area contributed by atoms with Crippen molar-refractivity contribution in [2.75, 3.05) is 5.32 Å². The Labute approximate surface area is 133 Å². The van der Waals surface area contributed by atoms with Crippen LogP contribution in [0, 0.1) is 0 Å². The lowest BCUT2D eigenvalue weighted by atomic mass is 9.88. The molecule has 1 aromatic heterocycles. The third-order valence-corrected chi connectivity index (χ3v) is 4.54. The van der Waals surface area contributed by atoms with Crippen LogP contribution in [0.3, 0.4) is 0 Å². The predicted octanol–water partition coefficient (Wildman–Crippen LogP) is 5.01. The summed E-state index contributed by atoms with van der Waals surface area (Å²) in [6, 6.07) is 10.5. The molecule has 1 aliphatic carbocycles. The smallest absolute Gasteiger partial charge is 0.150 e. The van der Waals surface area contributed by atoms with Gasteiger partial charge >= 0.3 is 0 Å². The second-order valence-electron chi connectivity index (χ2n) is 4.94. The minimum absolute atomic E-state index is 0.273. The molecule has 1 atom stereocenters. The van der Waals surface area contributed by atoms with Crippen molar-refractivity contribution in [3.8, 4) is 0 Å². The van der Waals surface area contributed by atoms with Crippen LogP contribution in [0.25, 0.3) is 0 Å². The van der Waals surface area contributed by atoms with E-state index in [4.69, 9.17) is 34.8 Å². The Morgan fingerprint density at radius 3 is 2.60 bits per heavy atom. The molecule has 1 aromatic carbocycles. The van der Waals surface area contributed by atoms with E-state index in [0.29, 0.717) is 21.9 Å². The Morgan fingerprint density at radius 1 is 1.05 bits per heavy atom. The molecule has 1 aliphatic rings. The van der Waals surface area contributed by atoms with E-state index in [1.165, 1.54) is 11.1 Å². The highest BCUT2D eigenvalue weighted by molar-refractivity contribution is 6.42. The summed E-state index contributed by atoms with van der Waals surface area (Å²) in [5.41, 5.74) is 2.81. The lowest BCUT2D eigenvalue weighted by Crippen LogP contribution is -2.27. The molecular weight excluding hydrogens is 315 g/mol. The SMILES string of the molecule is Clc1cc(Cl)c(NC2CCc3ccccc3C2)nc1Cl. The molecule has 5 heteroatoms. The van der Waals surface area contributed by atoms with Gasteiger partial charge in [0.25, 0.3) is 0 Å². The lowest BCUT2D eigenvalue weighted by Gasteiger charge is -2.26. The molecule has 0 fully saturated rings. The first-order valence-corrected chi connectivity index (χ1v) is 7.62. The number of hydrogen-bond donors (Lipinski definition) is 1. The molecule has 0 amide bonds. The maximum Gasteiger partial charge on any atom is 0.150 e. The fourth-order valence-electron chi connectivity index (χ4n) is 2.56. The molecular formula is C15H13Cl3N2. The van der Waals surface area contributed by atoms with Gasteiger partial charge in [-0.2, -0.15) is 0 Å². The van der Waals surface area contributed by atoms with Crippen molar-refractivity contribution in [3.05, 3.63) is 56.7 Å². The molecule has 0 spiro atoms. The number of fused-ring (bicyclic) bond motifs is 1. The first-order chi connectivity index (χ1) is 9.63. The summed E-state index contributed by atoms with van der Waals surface area (Å²) in [6.45, 7) is 0. The van der Waals surface area contributed by atoms with Gasteiger partial charge in [-0.15, -0.1) is 0 Å². The maximum absolute atomic E-state index is 6.15. The molecule has 1 N–H and O–H groups in total. The zero-order valence-corrected chi connectivity index (χ0v) is 12.9. The van der Waals surface area contributed by atoms with Crippen LogP contribution in [0.2, 0.25) is 15.2 Å². The number of benzene rings is 1. The fourth-order valence-corrected chi connectivity index (χ4v) is 3.11. The molecule has 20 heavy (non-hydrogen) atoms. The van der Waals surface area contributed by atoms with E-state index in [1.807, 2.05) is 0 Å². The van der Waals surface area contributed by atoms with Crippen LogP contribution in [0.15, 0.2) is 30.3 Å². The maximum atomic E-state index is 6.15. The second-order valence-corrected chi connectivity index (χ2v) is 6.12. The van der Waals surface area contributed by atoms with Crippen molar-refractivity contribution < 1.29 is 0 Å². The summed E-state index contributed by atoms with van der Waals surface area (Å²) in [4.78, 5) is 4.21. The number of rotatable bonds is 2. The molecule has 1 heterocycles. The predicted molar refractivity (Wildman–Crippen MR) is 85.1 cm³/mol. The molecule has 104 valence electrons. The lowest BCUT2D eigenvalue weighted by molar-refractivity contribution is 0.609. The quantitative estimate of drug-likeness (QED) is 0.784. The minimum atomic E-state index is 0.273. The number of aromatic nitrogens is 1. The molecule has 2 nitrogen and oxygen atoms in total. The van der Waals surface area contributed by atoms with Crippen molar-refractivity contribution in [2.45, 2.75) is 25.3 Å². The zero-order chi connectivity index (χ0) is 14.1. The first kappa shape index (κ1) is 14.0. The van der Waals surface area contributed by atoms with Crippen LogP contribution in [0.5, 0.6) is 0 Å². The summed E-state index contributed by atoms with van der Waals surface area (Å²) in [5.74, 6) is 0.602. The Hall–Kier alpha value is -0.960. The van der Waals surface area contributed by atoms with Crippen LogP contribution >= 0.6 is 34.8 Å². The van der Waals surface area contributed by atoms with Crippen LogP contribution in [0.1, 0.15) is 17.5 Å². The third-order valence-electron chi connectivity index (χ3n) is 3.57. The number of nitrogens with one attached hydrogen (secondary N) is 1. The van der Waals surface area contributed by atoms with Crippen molar-refractivity contribution in [2.24, 2.45) is 0 Å². The van der Waals surface area contributed by atoms with Crippen molar-refractivity contribution in [1.82, 2.24) is 4.98 Å². The largest absolute Gasteiger partial charge is 0.366 e. The average molecular weight is 328 g/mol. The number of anilines is 1. The summed E-state index contributed by atoms with van der Waals surface area (Å²) in [7, 11) is 0. The Kier molecular flexibility index (Phi) is 4.06. The fraction of sp³-hybridized carbons (Fsp3) is 0.267. The van der Waals surface area contributed by atoms with Crippen LogP contribution < -0.4 is 5.32 Å². The average Bonchev–Trinajstić information content (AvgIpc) is 2.44. The molecule has 2 aromatic rings. The number of nitrogens with zero attached hydrogens (tertiary/aromatic N) is 1.